The Morgan fingerprint density at radius 3 is 2.56 bits per heavy atom. The van der Waals surface area contributed by atoms with Gasteiger partial charge in [-0.2, -0.15) is 0 Å². The molecule has 5 nitrogen and oxygen atoms in total. The summed E-state index contributed by atoms with van der Waals surface area (Å²) in [5, 5.41) is 8.81. The molecule has 0 heterocycles. The molecule has 27 heavy (non-hydrogen) atoms. The molecule has 0 unspecified atom stereocenters. The van der Waals surface area contributed by atoms with Gasteiger partial charge < -0.3 is 14.6 Å². The molecule has 2 aromatic carbocycles. The molecule has 0 bridgehead atoms. The third-order valence-corrected chi connectivity index (χ3v) is 4.56. The van der Waals surface area contributed by atoms with Crippen LogP contribution in [0.1, 0.15) is 48.5 Å². The topological polar surface area (TPSA) is 72.8 Å². The van der Waals surface area contributed by atoms with Crippen molar-refractivity contribution in [2.45, 2.75) is 39.0 Å². The summed E-state index contributed by atoms with van der Waals surface area (Å²) in [5.74, 6) is 0.657. The van der Waals surface area contributed by atoms with Crippen molar-refractivity contribution in [2.24, 2.45) is 0 Å². The molecule has 0 radical (unpaired) electrons. The highest BCUT2D eigenvalue weighted by molar-refractivity contribution is 6.02. The van der Waals surface area contributed by atoms with Crippen molar-refractivity contribution in [1.82, 2.24) is 0 Å². The largest absolute Gasteiger partial charge is 0.493 e. The van der Waals surface area contributed by atoms with Crippen LogP contribution >= 0.6 is 0 Å². The number of fused-ring (bicyclic) bond motifs is 1. The lowest BCUT2D eigenvalue weighted by Gasteiger charge is -2.17. The number of benzene rings is 2. The molecule has 142 valence electrons. The van der Waals surface area contributed by atoms with E-state index in [2.05, 4.69) is 6.92 Å². The number of rotatable bonds is 9. The summed E-state index contributed by atoms with van der Waals surface area (Å²) in [6, 6.07) is 11.6. The number of hydrogen-bond acceptors (Lipinski definition) is 4. The highest BCUT2D eigenvalue weighted by Gasteiger charge is 2.23. The summed E-state index contributed by atoms with van der Waals surface area (Å²) < 4.78 is 11.8. The van der Waals surface area contributed by atoms with Crippen LogP contribution in [0.4, 0.5) is 0 Å². The first kappa shape index (κ1) is 19.0. The van der Waals surface area contributed by atoms with Gasteiger partial charge in [-0.05, 0) is 43.0 Å². The van der Waals surface area contributed by atoms with Crippen LogP contribution < -0.4 is 9.47 Å². The Morgan fingerprint density at radius 1 is 1.00 bits per heavy atom. The van der Waals surface area contributed by atoms with Gasteiger partial charge in [0.2, 0.25) is 0 Å². The van der Waals surface area contributed by atoms with Crippen LogP contribution in [-0.2, 0) is 11.2 Å². The van der Waals surface area contributed by atoms with Gasteiger partial charge in [-0.1, -0.05) is 25.1 Å². The zero-order valence-corrected chi connectivity index (χ0v) is 15.5. The van der Waals surface area contributed by atoms with E-state index in [1.165, 1.54) is 0 Å². The second-order valence-corrected chi connectivity index (χ2v) is 6.62. The zero-order chi connectivity index (χ0) is 19.2. The number of aryl methyl sites for hydroxylation is 1. The first-order chi connectivity index (χ1) is 13.1. The molecule has 1 N–H and O–H groups in total. The van der Waals surface area contributed by atoms with Gasteiger partial charge in [-0.15, -0.1) is 0 Å². The Labute approximate surface area is 158 Å². The van der Waals surface area contributed by atoms with Gasteiger partial charge in [0.15, 0.2) is 5.78 Å². The molecule has 0 saturated heterocycles. The molecule has 0 saturated carbocycles. The van der Waals surface area contributed by atoms with Crippen LogP contribution in [0.15, 0.2) is 36.4 Å². The number of aliphatic carboxylic acids is 1. The quantitative estimate of drug-likeness (QED) is 0.659. The van der Waals surface area contributed by atoms with Gasteiger partial charge >= 0.3 is 5.97 Å². The Kier molecular flexibility index (Phi) is 6.12. The van der Waals surface area contributed by atoms with Gasteiger partial charge in [0.25, 0.3) is 0 Å². The minimum absolute atomic E-state index is 0.0510. The average Bonchev–Trinajstić information content (AvgIpc) is 3.03. The van der Waals surface area contributed by atoms with Crippen LogP contribution in [0.2, 0.25) is 0 Å². The summed E-state index contributed by atoms with van der Waals surface area (Å²) in [6.07, 6.45) is 2.62. The van der Waals surface area contributed by atoms with Gasteiger partial charge in [0.1, 0.15) is 11.5 Å². The van der Waals surface area contributed by atoms with E-state index in [0.29, 0.717) is 30.8 Å². The smallest absolute Gasteiger partial charge is 0.303 e. The number of ketones is 1. The number of carbonyl (C=O) groups is 2. The molecule has 1 aliphatic carbocycles. The van der Waals surface area contributed by atoms with Gasteiger partial charge in [-0.25, -0.2) is 0 Å². The lowest BCUT2D eigenvalue weighted by atomic mass is 9.98. The first-order valence-electron chi connectivity index (χ1n) is 9.37. The molecular weight excluding hydrogens is 344 g/mol. The van der Waals surface area contributed by atoms with Gasteiger partial charge in [0.05, 0.1) is 13.2 Å². The minimum atomic E-state index is -0.846. The highest BCUT2D eigenvalue weighted by Crippen LogP contribution is 2.40. The van der Waals surface area contributed by atoms with Gasteiger partial charge in [-0.3, -0.25) is 9.59 Å². The van der Waals surface area contributed by atoms with Crippen molar-refractivity contribution < 1.29 is 24.2 Å². The maximum atomic E-state index is 12.1. The van der Waals surface area contributed by atoms with Crippen molar-refractivity contribution >= 4 is 11.8 Å². The molecular formula is C22H24O5. The Hall–Kier alpha value is -2.82. The summed E-state index contributed by atoms with van der Waals surface area (Å²) in [7, 11) is 0. The molecule has 5 heteroatoms. The van der Waals surface area contributed by atoms with E-state index < -0.39 is 5.97 Å². The molecule has 0 atom stereocenters. The van der Waals surface area contributed by atoms with Crippen LogP contribution in [0.5, 0.6) is 11.5 Å². The molecule has 3 rings (SSSR count). The normalized spacial score (nSPS) is 12.7. The lowest BCUT2D eigenvalue weighted by molar-refractivity contribution is -0.137. The van der Waals surface area contributed by atoms with E-state index >= 15 is 0 Å². The Balaban J connectivity index is 1.96. The minimum Gasteiger partial charge on any atom is -0.493 e. The van der Waals surface area contributed by atoms with Crippen LogP contribution in [-0.4, -0.2) is 30.1 Å². The Morgan fingerprint density at radius 2 is 1.78 bits per heavy atom. The van der Waals surface area contributed by atoms with E-state index in [1.54, 1.807) is 6.07 Å². The fourth-order valence-corrected chi connectivity index (χ4v) is 3.24. The van der Waals surface area contributed by atoms with Crippen molar-refractivity contribution in [3.8, 4) is 22.6 Å². The number of carboxylic acids is 1. The van der Waals surface area contributed by atoms with E-state index in [9.17, 15) is 9.59 Å². The number of para-hydroxylation sites is 1. The number of Topliss-reactive ketones (excluding diaryl/α,β-unsaturated/α-hetero) is 1. The molecule has 1 aliphatic rings. The van der Waals surface area contributed by atoms with Crippen molar-refractivity contribution in [1.29, 1.82) is 0 Å². The van der Waals surface area contributed by atoms with E-state index in [0.717, 1.165) is 35.3 Å². The number of carbonyl (C=O) groups excluding carboxylic acids is 1. The molecule has 2 aromatic rings. The second kappa shape index (κ2) is 8.71. The summed E-state index contributed by atoms with van der Waals surface area (Å²) >= 11 is 0. The monoisotopic (exact) mass is 368 g/mol. The zero-order valence-electron chi connectivity index (χ0n) is 15.5. The second-order valence-electron chi connectivity index (χ2n) is 6.62. The van der Waals surface area contributed by atoms with Crippen molar-refractivity contribution in [3.05, 3.63) is 47.5 Å². The average molecular weight is 368 g/mol. The first-order valence-corrected chi connectivity index (χ1v) is 9.37. The summed E-state index contributed by atoms with van der Waals surface area (Å²) in [5.41, 5.74) is 3.53. The molecule has 0 spiro atoms. The van der Waals surface area contributed by atoms with E-state index in [1.807, 2.05) is 30.3 Å². The Bertz CT molecular complexity index is 841. The standard InChI is InChI=1S/C22H24O5/c1-2-11-26-20-7-4-3-6-16(20)18-13-15-9-10-19(23)17(15)14-21(18)27-12-5-8-22(24)25/h3-4,6-7,13-14H,2,5,8-12H2,1H3,(H,24,25). The fraction of sp³-hybridized carbons (Fsp3) is 0.364. The molecule has 0 amide bonds. The summed E-state index contributed by atoms with van der Waals surface area (Å²) in [4.78, 5) is 22.9. The third kappa shape index (κ3) is 4.48. The van der Waals surface area contributed by atoms with Crippen molar-refractivity contribution in [2.75, 3.05) is 13.2 Å². The third-order valence-electron chi connectivity index (χ3n) is 4.56. The fourth-order valence-electron chi connectivity index (χ4n) is 3.24. The summed E-state index contributed by atoms with van der Waals surface area (Å²) in [6.45, 7) is 2.96. The molecule has 0 aliphatic heterocycles. The van der Waals surface area contributed by atoms with Crippen LogP contribution in [0, 0.1) is 0 Å². The van der Waals surface area contributed by atoms with E-state index in [4.69, 9.17) is 14.6 Å². The number of hydrogen-bond donors (Lipinski definition) is 1. The van der Waals surface area contributed by atoms with Crippen molar-refractivity contribution in [3.63, 3.8) is 0 Å². The predicted molar refractivity (Wildman–Crippen MR) is 103 cm³/mol. The highest BCUT2D eigenvalue weighted by atomic mass is 16.5. The van der Waals surface area contributed by atoms with E-state index in [-0.39, 0.29) is 18.8 Å². The lowest BCUT2D eigenvalue weighted by Crippen LogP contribution is -2.05. The van der Waals surface area contributed by atoms with Gasteiger partial charge in [0, 0.05) is 29.5 Å². The molecule has 0 aromatic heterocycles. The van der Waals surface area contributed by atoms with Crippen LogP contribution in [0.25, 0.3) is 11.1 Å². The maximum Gasteiger partial charge on any atom is 0.303 e. The van der Waals surface area contributed by atoms with Crippen LogP contribution in [0.3, 0.4) is 0 Å². The maximum absolute atomic E-state index is 12.1. The number of ether oxygens (including phenoxy) is 2. The number of carboxylic acid groups (broad SMARTS) is 1. The molecule has 0 fully saturated rings. The SMILES string of the molecule is CCCOc1ccccc1-c1cc2c(cc1OCCCC(=O)O)C(=O)CC2. The predicted octanol–water partition coefficient (Wildman–Crippen LogP) is 4.51.